The van der Waals surface area contributed by atoms with Crippen molar-refractivity contribution < 1.29 is 4.74 Å². The van der Waals surface area contributed by atoms with Crippen LogP contribution in [0.25, 0.3) is 0 Å². The van der Waals surface area contributed by atoms with Crippen LogP contribution in [0.15, 0.2) is 24.4 Å². The summed E-state index contributed by atoms with van der Waals surface area (Å²) in [5.41, 5.74) is 1.19. The van der Waals surface area contributed by atoms with Crippen LogP contribution in [0.1, 0.15) is 38.3 Å². The Morgan fingerprint density at radius 3 is 2.69 bits per heavy atom. The highest BCUT2D eigenvalue weighted by atomic mass is 16.5. The van der Waals surface area contributed by atoms with E-state index in [9.17, 15) is 0 Å². The minimum atomic E-state index is 0.0425. The number of ether oxygens (including phenoxy) is 1. The number of hydrogen-bond donors (Lipinski definition) is 0. The predicted octanol–water partition coefficient (Wildman–Crippen LogP) is 3.22. The van der Waals surface area contributed by atoms with Gasteiger partial charge < -0.3 is 4.74 Å². The highest BCUT2D eigenvalue weighted by Gasteiger charge is 2.34. The van der Waals surface area contributed by atoms with E-state index in [-0.39, 0.29) is 5.60 Å². The largest absolute Gasteiger partial charge is 0.378 e. The first kappa shape index (κ1) is 11.6. The molecule has 1 heterocycles. The summed E-state index contributed by atoms with van der Waals surface area (Å²) >= 11 is 0. The molecule has 0 saturated heterocycles. The van der Waals surface area contributed by atoms with E-state index in [0.29, 0.717) is 0 Å². The second-order valence-corrected chi connectivity index (χ2v) is 5.07. The van der Waals surface area contributed by atoms with E-state index in [1.165, 1.54) is 25.7 Å². The minimum Gasteiger partial charge on any atom is -0.378 e. The van der Waals surface area contributed by atoms with Crippen molar-refractivity contribution in [2.75, 3.05) is 7.11 Å². The summed E-state index contributed by atoms with van der Waals surface area (Å²) < 4.78 is 5.79. The lowest BCUT2D eigenvalue weighted by molar-refractivity contribution is -0.0476. The highest BCUT2D eigenvalue weighted by Crippen LogP contribution is 2.36. The van der Waals surface area contributed by atoms with Crippen LogP contribution in [-0.2, 0) is 11.2 Å². The maximum Gasteiger partial charge on any atom is 0.0734 e. The third kappa shape index (κ3) is 2.62. The number of rotatable bonds is 3. The quantitative estimate of drug-likeness (QED) is 0.778. The van der Waals surface area contributed by atoms with E-state index >= 15 is 0 Å². The average molecular weight is 219 g/mol. The molecular formula is C14H21NO. The molecule has 0 atom stereocenters. The van der Waals surface area contributed by atoms with Gasteiger partial charge in [0.2, 0.25) is 0 Å². The number of nitrogens with zero attached hydrogens (tertiary/aromatic N) is 1. The van der Waals surface area contributed by atoms with Gasteiger partial charge in [-0.2, -0.15) is 0 Å². The number of pyridine rings is 1. The van der Waals surface area contributed by atoms with Crippen LogP contribution in [0.5, 0.6) is 0 Å². The van der Waals surface area contributed by atoms with Crippen molar-refractivity contribution in [2.45, 2.75) is 44.6 Å². The van der Waals surface area contributed by atoms with Crippen molar-refractivity contribution >= 4 is 0 Å². The van der Waals surface area contributed by atoms with Crippen LogP contribution in [0, 0.1) is 5.92 Å². The summed E-state index contributed by atoms with van der Waals surface area (Å²) in [7, 11) is 1.85. The molecule has 0 spiro atoms. The summed E-state index contributed by atoms with van der Waals surface area (Å²) in [4.78, 5) is 4.40. The van der Waals surface area contributed by atoms with Gasteiger partial charge in [0, 0.05) is 25.4 Å². The zero-order valence-electron chi connectivity index (χ0n) is 10.3. The summed E-state index contributed by atoms with van der Waals surface area (Å²) in [5.74, 6) is 0.854. The molecule has 2 rings (SSSR count). The van der Waals surface area contributed by atoms with Crippen LogP contribution >= 0.6 is 0 Å². The van der Waals surface area contributed by atoms with Gasteiger partial charge >= 0.3 is 0 Å². The zero-order valence-corrected chi connectivity index (χ0v) is 10.3. The molecule has 0 unspecified atom stereocenters. The fourth-order valence-electron chi connectivity index (χ4n) is 2.57. The van der Waals surface area contributed by atoms with Gasteiger partial charge in [-0.3, -0.25) is 4.98 Å². The predicted molar refractivity (Wildman–Crippen MR) is 65.3 cm³/mol. The molecule has 1 saturated carbocycles. The Morgan fingerprint density at radius 2 is 2.12 bits per heavy atom. The van der Waals surface area contributed by atoms with Gasteiger partial charge in [0.05, 0.1) is 5.60 Å². The molecule has 0 aliphatic heterocycles. The Balaban J connectivity index is 2.05. The van der Waals surface area contributed by atoms with E-state index in [0.717, 1.165) is 18.0 Å². The molecule has 0 bridgehead atoms. The smallest absolute Gasteiger partial charge is 0.0734 e. The van der Waals surface area contributed by atoms with Crippen LogP contribution in [0.3, 0.4) is 0 Å². The summed E-state index contributed by atoms with van der Waals surface area (Å²) in [5, 5.41) is 0. The molecule has 1 aromatic rings. The van der Waals surface area contributed by atoms with Crippen LogP contribution in [0.4, 0.5) is 0 Å². The topological polar surface area (TPSA) is 22.1 Å². The lowest BCUT2D eigenvalue weighted by atomic mass is 9.77. The Hall–Kier alpha value is -0.890. The fraction of sp³-hybridized carbons (Fsp3) is 0.643. The molecule has 16 heavy (non-hydrogen) atoms. The highest BCUT2D eigenvalue weighted by molar-refractivity contribution is 5.08. The molecule has 1 aliphatic rings. The van der Waals surface area contributed by atoms with Crippen molar-refractivity contribution in [1.82, 2.24) is 4.98 Å². The van der Waals surface area contributed by atoms with E-state index in [1.807, 2.05) is 19.4 Å². The molecule has 2 heteroatoms. The second-order valence-electron chi connectivity index (χ2n) is 5.07. The minimum absolute atomic E-state index is 0.0425. The van der Waals surface area contributed by atoms with Crippen molar-refractivity contribution in [3.63, 3.8) is 0 Å². The lowest BCUT2D eigenvalue weighted by Gasteiger charge is -2.38. The van der Waals surface area contributed by atoms with Crippen molar-refractivity contribution in [3.8, 4) is 0 Å². The van der Waals surface area contributed by atoms with E-state index < -0.39 is 0 Å². The maximum atomic E-state index is 5.79. The molecule has 2 nitrogen and oxygen atoms in total. The van der Waals surface area contributed by atoms with E-state index in [2.05, 4.69) is 24.0 Å². The number of aromatic nitrogens is 1. The van der Waals surface area contributed by atoms with Crippen LogP contribution in [0.2, 0.25) is 0 Å². The molecule has 1 fully saturated rings. The van der Waals surface area contributed by atoms with Gasteiger partial charge in [-0.25, -0.2) is 0 Å². The Kier molecular flexibility index (Phi) is 3.59. The SMILES string of the molecule is COC1(Cc2ccccn2)CCC(C)CC1. The third-order valence-electron chi connectivity index (χ3n) is 3.85. The molecule has 1 aromatic heterocycles. The molecule has 0 N–H and O–H groups in total. The first-order valence-corrected chi connectivity index (χ1v) is 6.19. The second kappa shape index (κ2) is 4.96. The van der Waals surface area contributed by atoms with Crippen molar-refractivity contribution in [3.05, 3.63) is 30.1 Å². The van der Waals surface area contributed by atoms with Gasteiger partial charge in [-0.15, -0.1) is 0 Å². The zero-order chi connectivity index (χ0) is 11.4. The fourth-order valence-corrected chi connectivity index (χ4v) is 2.57. The lowest BCUT2D eigenvalue weighted by Crippen LogP contribution is -2.38. The summed E-state index contributed by atoms with van der Waals surface area (Å²) in [6.45, 7) is 2.33. The van der Waals surface area contributed by atoms with E-state index in [1.54, 1.807) is 0 Å². The van der Waals surface area contributed by atoms with Gasteiger partial charge in [-0.1, -0.05) is 13.0 Å². The Bertz CT molecular complexity index is 315. The average Bonchev–Trinajstić information content (AvgIpc) is 2.34. The number of hydrogen-bond acceptors (Lipinski definition) is 2. The molecule has 0 aromatic carbocycles. The van der Waals surface area contributed by atoms with Gasteiger partial charge in [0.25, 0.3) is 0 Å². The Labute approximate surface area is 98.0 Å². The summed E-state index contributed by atoms with van der Waals surface area (Å²) in [6, 6.07) is 6.11. The molecule has 88 valence electrons. The normalized spacial score (nSPS) is 30.2. The van der Waals surface area contributed by atoms with Crippen molar-refractivity contribution in [2.24, 2.45) is 5.92 Å². The van der Waals surface area contributed by atoms with Gasteiger partial charge in [-0.05, 0) is 43.7 Å². The molecular weight excluding hydrogens is 198 g/mol. The monoisotopic (exact) mass is 219 g/mol. The Morgan fingerprint density at radius 1 is 1.38 bits per heavy atom. The molecule has 0 amide bonds. The summed E-state index contributed by atoms with van der Waals surface area (Å²) in [6.07, 6.45) is 7.71. The molecule has 0 radical (unpaired) electrons. The van der Waals surface area contributed by atoms with E-state index in [4.69, 9.17) is 4.74 Å². The van der Waals surface area contributed by atoms with Crippen LogP contribution in [-0.4, -0.2) is 17.7 Å². The standard InChI is InChI=1S/C14H21NO/c1-12-6-8-14(16-2,9-7-12)11-13-5-3-4-10-15-13/h3-5,10,12H,6-9,11H2,1-2H3. The molecule has 1 aliphatic carbocycles. The van der Waals surface area contributed by atoms with Crippen LogP contribution < -0.4 is 0 Å². The third-order valence-corrected chi connectivity index (χ3v) is 3.85. The maximum absolute atomic E-state index is 5.79. The van der Waals surface area contributed by atoms with Gasteiger partial charge in [0.1, 0.15) is 0 Å². The first-order chi connectivity index (χ1) is 7.74. The first-order valence-electron chi connectivity index (χ1n) is 6.19. The number of methoxy groups -OCH3 is 1. The van der Waals surface area contributed by atoms with Crippen molar-refractivity contribution in [1.29, 1.82) is 0 Å². The van der Waals surface area contributed by atoms with Gasteiger partial charge in [0.15, 0.2) is 0 Å².